The Morgan fingerprint density at radius 1 is 0.393 bits per heavy atom. The van der Waals surface area contributed by atoms with Crippen LogP contribution in [0.1, 0.15) is 110 Å². The number of benzene rings is 2. The van der Waals surface area contributed by atoms with Gasteiger partial charge in [0.25, 0.3) is 0 Å². The fourth-order valence-electron chi connectivity index (χ4n) is 6.12. The van der Waals surface area contributed by atoms with Crippen molar-refractivity contribution in [3.63, 3.8) is 0 Å². The molecule has 0 aliphatic heterocycles. The second kappa shape index (κ2) is 13.1. The number of alkyl halides is 20. The van der Waals surface area contributed by atoms with E-state index in [-0.39, 0.29) is 61.3 Å². The van der Waals surface area contributed by atoms with Crippen molar-refractivity contribution in [2.45, 2.75) is 136 Å². The minimum Gasteiger partial charge on any atom is -0.398 e. The second-order valence-corrected chi connectivity index (χ2v) is 14.7. The topological polar surface area (TPSA) is 52.0 Å². The summed E-state index contributed by atoms with van der Waals surface area (Å²) in [6.07, 6.45) is 0.583. The summed E-state index contributed by atoms with van der Waals surface area (Å²) in [5.41, 5.74) is 4.33. The van der Waals surface area contributed by atoms with E-state index in [4.69, 9.17) is 11.5 Å². The van der Waals surface area contributed by atoms with Crippen molar-refractivity contribution in [2.24, 2.45) is 0 Å². The fourth-order valence-corrected chi connectivity index (χ4v) is 6.12. The average Bonchev–Trinajstić information content (AvgIpc) is 3.98. The van der Waals surface area contributed by atoms with Crippen LogP contribution >= 0.6 is 0 Å². The van der Waals surface area contributed by atoms with E-state index in [1.54, 1.807) is 0 Å². The predicted octanol–water partition coefficient (Wildman–Crippen LogP) is 12.8. The number of halogens is 20. The van der Waals surface area contributed by atoms with Gasteiger partial charge in [-0.1, -0.05) is 27.7 Å². The Balaban J connectivity index is 1.82. The minimum absolute atomic E-state index is 0.0104. The number of hydrogen-bond donors (Lipinski definition) is 2. The summed E-state index contributed by atoms with van der Waals surface area (Å²) >= 11 is 0. The lowest BCUT2D eigenvalue weighted by atomic mass is 9.82. The molecule has 318 valence electrons. The van der Waals surface area contributed by atoms with Crippen molar-refractivity contribution in [1.29, 1.82) is 0 Å². The lowest BCUT2D eigenvalue weighted by Gasteiger charge is -2.45. The van der Waals surface area contributed by atoms with Crippen LogP contribution in [0.5, 0.6) is 0 Å². The highest BCUT2D eigenvalue weighted by Crippen LogP contribution is 2.68. The summed E-state index contributed by atoms with van der Waals surface area (Å²) in [7, 11) is 0. The molecule has 2 aliphatic carbocycles. The van der Waals surface area contributed by atoms with Gasteiger partial charge in [-0.25, -0.2) is 0 Å². The van der Waals surface area contributed by atoms with Gasteiger partial charge in [0.1, 0.15) is 0 Å². The van der Waals surface area contributed by atoms with Gasteiger partial charge in [0.2, 0.25) is 0 Å². The molecular weight excluding hydrogens is 816 g/mol. The van der Waals surface area contributed by atoms with Crippen molar-refractivity contribution < 1.29 is 87.8 Å². The molecule has 56 heavy (non-hydrogen) atoms. The van der Waals surface area contributed by atoms with Crippen LogP contribution in [0.2, 0.25) is 0 Å². The van der Waals surface area contributed by atoms with Crippen LogP contribution in [0.15, 0.2) is 24.3 Å². The first-order valence-corrected chi connectivity index (χ1v) is 16.5. The zero-order chi connectivity index (χ0) is 43.6. The zero-order valence-corrected chi connectivity index (χ0v) is 29.2. The Bertz CT molecular complexity index is 1650. The molecule has 22 heteroatoms. The first-order chi connectivity index (χ1) is 24.9. The summed E-state index contributed by atoms with van der Waals surface area (Å²) in [5, 5.41) is 0. The van der Waals surface area contributed by atoms with E-state index in [1.807, 2.05) is 0 Å². The van der Waals surface area contributed by atoms with Crippen molar-refractivity contribution in [3.8, 4) is 0 Å². The van der Waals surface area contributed by atoms with Crippen molar-refractivity contribution in [3.05, 3.63) is 57.6 Å². The quantitative estimate of drug-likeness (QED) is 0.139. The van der Waals surface area contributed by atoms with Crippen molar-refractivity contribution in [2.75, 3.05) is 11.5 Å². The number of hydrogen-bond acceptors (Lipinski definition) is 2. The van der Waals surface area contributed by atoms with Crippen LogP contribution in [-0.2, 0) is 11.8 Å². The highest BCUT2D eigenvalue weighted by atomic mass is 19.4. The summed E-state index contributed by atoms with van der Waals surface area (Å²) in [6, 6.07) is -0.111. The Morgan fingerprint density at radius 2 is 0.607 bits per heavy atom. The number of anilines is 2. The molecule has 0 aromatic heterocycles. The number of nitrogens with two attached hydrogens (primary N) is 2. The van der Waals surface area contributed by atoms with Crippen LogP contribution in [0.4, 0.5) is 99.2 Å². The standard InChI is InChI=1S/C34H32F20N2/c1-13(2)19-9-17(11-21(23(19)55)15-5-6-15)25(35,36)27(39,40)29(43,44)31(47,48)33(51,52)34(53,54)32(49,50)30(45,46)28(41,42)26(37,38)18-10-20(14(3)4)24(56)22(12-18)16-7-8-16/h9-16H,5-8,55-56H2,1-4H3. The molecule has 4 rings (SSSR count). The second-order valence-electron chi connectivity index (χ2n) is 14.7. The molecule has 2 nitrogen and oxygen atoms in total. The molecule has 0 amide bonds. The predicted molar refractivity (Wildman–Crippen MR) is 161 cm³/mol. The third-order valence-electron chi connectivity index (χ3n) is 10.0. The fraction of sp³-hybridized carbons (Fsp3) is 0.647. The maximum Gasteiger partial charge on any atom is 0.385 e. The molecule has 2 aliphatic rings. The Morgan fingerprint density at radius 3 is 0.804 bits per heavy atom. The summed E-state index contributed by atoms with van der Waals surface area (Å²) in [4.78, 5) is 0. The molecule has 2 fully saturated rings. The zero-order valence-electron chi connectivity index (χ0n) is 29.2. The van der Waals surface area contributed by atoms with E-state index < -0.39 is 116 Å². The van der Waals surface area contributed by atoms with Crippen LogP contribution in [0.25, 0.3) is 0 Å². The highest BCUT2D eigenvalue weighted by molar-refractivity contribution is 5.61. The molecule has 4 N–H and O–H groups in total. The number of nitrogen functional groups attached to an aromatic ring is 2. The average molecular weight is 849 g/mol. The maximum atomic E-state index is 15.2. The van der Waals surface area contributed by atoms with Crippen molar-refractivity contribution in [1.82, 2.24) is 0 Å². The lowest BCUT2D eigenvalue weighted by Crippen LogP contribution is -2.76. The van der Waals surface area contributed by atoms with E-state index in [2.05, 4.69) is 0 Å². The van der Waals surface area contributed by atoms with E-state index in [9.17, 15) is 70.2 Å². The van der Waals surface area contributed by atoms with Gasteiger partial charge in [-0.15, -0.1) is 0 Å². The van der Waals surface area contributed by atoms with E-state index in [1.165, 1.54) is 27.7 Å². The van der Waals surface area contributed by atoms with E-state index in [0.29, 0.717) is 0 Å². The normalized spacial score (nSPS) is 17.7. The van der Waals surface area contributed by atoms with Gasteiger partial charge in [0, 0.05) is 22.5 Å². The molecule has 0 radical (unpaired) electrons. The first-order valence-electron chi connectivity index (χ1n) is 16.5. The molecule has 0 atom stereocenters. The Kier molecular flexibility index (Phi) is 10.6. The summed E-state index contributed by atoms with van der Waals surface area (Å²) in [5.74, 6) is -86.6. The van der Waals surface area contributed by atoms with Gasteiger partial charge < -0.3 is 11.5 Å². The van der Waals surface area contributed by atoms with Crippen molar-refractivity contribution >= 4 is 11.4 Å². The van der Waals surface area contributed by atoms with Gasteiger partial charge in [0.05, 0.1) is 0 Å². The van der Waals surface area contributed by atoms with Gasteiger partial charge in [-0.3, -0.25) is 0 Å². The van der Waals surface area contributed by atoms with Crippen LogP contribution < -0.4 is 11.5 Å². The van der Waals surface area contributed by atoms with Gasteiger partial charge in [-0.2, -0.15) is 87.8 Å². The molecule has 2 aromatic carbocycles. The molecule has 0 saturated heterocycles. The molecule has 0 bridgehead atoms. The number of rotatable bonds is 15. The highest BCUT2D eigenvalue weighted by Gasteiger charge is 2.97. The van der Waals surface area contributed by atoms with E-state index >= 15 is 17.6 Å². The monoisotopic (exact) mass is 848 g/mol. The smallest absolute Gasteiger partial charge is 0.385 e. The Hall–Kier alpha value is -3.36. The molecule has 2 aromatic rings. The molecule has 0 unspecified atom stereocenters. The maximum absolute atomic E-state index is 15.2. The molecule has 0 spiro atoms. The minimum atomic E-state index is -9.12. The molecule has 0 heterocycles. The summed E-state index contributed by atoms with van der Waals surface area (Å²) in [6.45, 7) is 4.75. The van der Waals surface area contributed by atoms with Gasteiger partial charge >= 0.3 is 59.2 Å². The third kappa shape index (κ3) is 6.05. The molecular formula is C34H32F20N2. The first kappa shape index (κ1) is 45.3. The van der Waals surface area contributed by atoms with E-state index in [0.717, 1.165) is 0 Å². The van der Waals surface area contributed by atoms with Crippen LogP contribution in [0, 0.1) is 0 Å². The van der Waals surface area contributed by atoms with Crippen LogP contribution in [0.3, 0.4) is 0 Å². The SMILES string of the molecule is CC(C)c1cc(C(F)(F)C(F)(F)C(F)(F)C(F)(F)C(F)(F)C(F)(F)C(F)(F)C(F)(F)C(F)(F)C(F)(F)c2cc(C(C)C)c(N)c(C3CC3)c2)cc(C2CC2)c1N. The summed E-state index contributed by atoms with van der Waals surface area (Å²) < 4.78 is 298. The van der Waals surface area contributed by atoms with Gasteiger partial charge in [-0.05, 0) is 95.9 Å². The third-order valence-corrected chi connectivity index (χ3v) is 10.0. The Labute approximate surface area is 304 Å². The molecule has 2 saturated carbocycles. The van der Waals surface area contributed by atoms with Gasteiger partial charge in [0.15, 0.2) is 0 Å². The largest absolute Gasteiger partial charge is 0.398 e. The van der Waals surface area contributed by atoms with Crippen LogP contribution in [-0.4, -0.2) is 47.4 Å². The lowest BCUT2D eigenvalue weighted by molar-refractivity contribution is -0.470.